The van der Waals surface area contributed by atoms with Gasteiger partial charge < -0.3 is 24.9 Å². The maximum Gasteiger partial charge on any atom is 0.408 e. The van der Waals surface area contributed by atoms with E-state index in [0.717, 1.165) is 17.3 Å². The first kappa shape index (κ1) is 23.5. The van der Waals surface area contributed by atoms with Crippen LogP contribution in [-0.4, -0.2) is 39.2 Å². The van der Waals surface area contributed by atoms with Crippen molar-refractivity contribution in [1.82, 2.24) is 14.9 Å². The van der Waals surface area contributed by atoms with Crippen LogP contribution in [-0.2, 0) is 33.8 Å². The summed E-state index contributed by atoms with van der Waals surface area (Å²) < 4.78 is 11.9. The normalized spacial score (nSPS) is 11.4. The zero-order valence-electron chi connectivity index (χ0n) is 18.0. The molecule has 10 nitrogen and oxygen atoms in total. The molecule has 1 amide bonds. The van der Waals surface area contributed by atoms with Crippen molar-refractivity contribution in [2.24, 2.45) is 0 Å². The first-order valence-electron chi connectivity index (χ1n) is 10.3. The molecule has 0 radical (unpaired) electrons. The monoisotopic (exact) mass is 452 g/mol. The van der Waals surface area contributed by atoms with E-state index >= 15 is 0 Å². The number of carbonyl (C=O) groups excluding carboxylic acids is 2. The Kier molecular flexibility index (Phi) is 8.12. The number of ether oxygens (including phenoxy) is 2. The van der Waals surface area contributed by atoms with E-state index in [-0.39, 0.29) is 32.0 Å². The van der Waals surface area contributed by atoms with Gasteiger partial charge >= 0.3 is 17.9 Å². The summed E-state index contributed by atoms with van der Waals surface area (Å²) in [5.41, 5.74) is 1.64. The number of aromatic nitrogens is 2. The second kappa shape index (κ2) is 11.4. The highest BCUT2D eigenvalue weighted by molar-refractivity contribution is 5.81. The summed E-state index contributed by atoms with van der Waals surface area (Å²) in [4.78, 5) is 39.5. The molecule has 0 bridgehead atoms. The van der Waals surface area contributed by atoms with Gasteiger partial charge in [-0.25, -0.2) is 19.1 Å². The zero-order valence-corrected chi connectivity index (χ0v) is 18.0. The van der Waals surface area contributed by atoms with E-state index in [1.807, 2.05) is 60.7 Å². The van der Waals surface area contributed by atoms with Crippen LogP contribution in [0.3, 0.4) is 0 Å². The highest BCUT2D eigenvalue weighted by atomic mass is 16.6. The first-order valence-corrected chi connectivity index (χ1v) is 10.3. The Labute approximate surface area is 190 Å². The van der Waals surface area contributed by atoms with Crippen molar-refractivity contribution in [3.63, 3.8) is 0 Å². The number of hydrogen-bond donors (Lipinski definition) is 1. The van der Waals surface area contributed by atoms with Gasteiger partial charge in [0.1, 0.15) is 32.0 Å². The van der Waals surface area contributed by atoms with Gasteiger partial charge in [0, 0.05) is 13.3 Å². The van der Waals surface area contributed by atoms with Crippen molar-refractivity contribution in [2.75, 3.05) is 6.61 Å². The third-order valence-corrected chi connectivity index (χ3v) is 4.85. The molecular weight excluding hydrogens is 428 g/mol. The lowest BCUT2D eigenvalue weighted by Gasteiger charge is -2.18. The Morgan fingerprint density at radius 3 is 2.33 bits per heavy atom. The van der Waals surface area contributed by atoms with Crippen molar-refractivity contribution < 1.29 is 24.0 Å². The highest BCUT2D eigenvalue weighted by Gasteiger charge is 2.25. The van der Waals surface area contributed by atoms with Gasteiger partial charge in [-0.2, -0.15) is 0 Å². The SMILES string of the molecule is Cc1ncc([N+](=O)[O-])n1CCOC(=O)[C@H](Cc1ccccc1)NC(=O)OCc1ccccc1. The molecule has 33 heavy (non-hydrogen) atoms. The number of rotatable bonds is 10. The van der Waals surface area contributed by atoms with Crippen LogP contribution in [0.2, 0.25) is 0 Å². The fourth-order valence-corrected chi connectivity index (χ4v) is 3.17. The molecule has 1 atom stereocenters. The number of nitrogens with one attached hydrogen (secondary N) is 1. The smallest absolute Gasteiger partial charge is 0.408 e. The van der Waals surface area contributed by atoms with E-state index in [0.29, 0.717) is 5.82 Å². The van der Waals surface area contributed by atoms with Crippen LogP contribution >= 0.6 is 0 Å². The van der Waals surface area contributed by atoms with Crippen molar-refractivity contribution in [3.05, 3.63) is 93.9 Å². The number of carbonyl (C=O) groups is 2. The van der Waals surface area contributed by atoms with E-state index in [4.69, 9.17) is 9.47 Å². The van der Waals surface area contributed by atoms with Crippen LogP contribution in [0.25, 0.3) is 0 Å². The third-order valence-electron chi connectivity index (χ3n) is 4.85. The van der Waals surface area contributed by atoms with Gasteiger partial charge in [-0.05, 0) is 16.1 Å². The summed E-state index contributed by atoms with van der Waals surface area (Å²) in [5, 5.41) is 13.7. The second-order valence-corrected chi connectivity index (χ2v) is 7.19. The number of nitrogens with zero attached hydrogens (tertiary/aromatic N) is 3. The Morgan fingerprint density at radius 1 is 1.06 bits per heavy atom. The van der Waals surface area contributed by atoms with Gasteiger partial charge in [0.2, 0.25) is 0 Å². The van der Waals surface area contributed by atoms with Gasteiger partial charge in [0.25, 0.3) is 0 Å². The molecule has 0 spiro atoms. The molecule has 0 unspecified atom stereocenters. The Balaban J connectivity index is 1.60. The van der Waals surface area contributed by atoms with E-state index in [1.54, 1.807) is 6.92 Å². The molecule has 0 aliphatic rings. The van der Waals surface area contributed by atoms with E-state index < -0.39 is 23.0 Å². The van der Waals surface area contributed by atoms with Crippen LogP contribution in [0.5, 0.6) is 0 Å². The molecule has 1 heterocycles. The standard InChI is InChI=1S/C23H24N4O6/c1-17-24-15-21(27(30)31)26(17)12-13-32-22(28)20(14-18-8-4-2-5-9-18)25-23(29)33-16-19-10-6-3-7-11-19/h2-11,15,20H,12-14,16H2,1H3,(H,25,29)/t20-/m0/s1. The number of amides is 1. The zero-order chi connectivity index (χ0) is 23.6. The number of esters is 1. The molecule has 3 aromatic rings. The summed E-state index contributed by atoms with van der Waals surface area (Å²) in [5.74, 6) is -0.427. The molecule has 1 N–H and O–H groups in total. The number of imidazole rings is 1. The molecule has 0 saturated heterocycles. The van der Waals surface area contributed by atoms with Crippen LogP contribution in [0.1, 0.15) is 17.0 Å². The summed E-state index contributed by atoms with van der Waals surface area (Å²) in [6, 6.07) is 17.3. The van der Waals surface area contributed by atoms with Crippen molar-refractivity contribution in [3.8, 4) is 0 Å². The molecular formula is C23H24N4O6. The lowest BCUT2D eigenvalue weighted by molar-refractivity contribution is -0.392. The molecule has 3 rings (SSSR count). The van der Waals surface area contributed by atoms with Gasteiger partial charge in [0.05, 0.1) is 0 Å². The Hall–Kier alpha value is -4.21. The first-order chi connectivity index (χ1) is 15.9. The molecule has 0 saturated carbocycles. The van der Waals surface area contributed by atoms with E-state index in [2.05, 4.69) is 10.3 Å². The average Bonchev–Trinajstić information content (AvgIpc) is 3.19. The third kappa shape index (κ3) is 6.89. The quantitative estimate of drug-likeness (QED) is 0.284. The van der Waals surface area contributed by atoms with Crippen molar-refractivity contribution in [2.45, 2.75) is 32.5 Å². The van der Waals surface area contributed by atoms with Crippen LogP contribution in [0.15, 0.2) is 66.9 Å². The topological polar surface area (TPSA) is 126 Å². The number of benzene rings is 2. The van der Waals surface area contributed by atoms with Gasteiger partial charge in [-0.3, -0.25) is 0 Å². The molecule has 0 aliphatic heterocycles. The predicted molar refractivity (Wildman–Crippen MR) is 118 cm³/mol. The second-order valence-electron chi connectivity index (χ2n) is 7.19. The number of nitro groups is 1. The van der Waals surface area contributed by atoms with Crippen LogP contribution in [0, 0.1) is 17.0 Å². The van der Waals surface area contributed by atoms with E-state index in [1.165, 1.54) is 4.57 Å². The summed E-state index contributed by atoms with van der Waals surface area (Å²) >= 11 is 0. The van der Waals surface area contributed by atoms with Crippen molar-refractivity contribution in [1.29, 1.82) is 0 Å². The molecule has 10 heteroatoms. The average molecular weight is 452 g/mol. The fourth-order valence-electron chi connectivity index (χ4n) is 3.17. The van der Waals surface area contributed by atoms with Gasteiger partial charge in [-0.15, -0.1) is 0 Å². The largest absolute Gasteiger partial charge is 0.460 e. The molecule has 172 valence electrons. The minimum atomic E-state index is -0.991. The van der Waals surface area contributed by atoms with Crippen LogP contribution < -0.4 is 5.32 Å². The number of alkyl carbamates (subject to hydrolysis) is 1. The lowest BCUT2D eigenvalue weighted by Crippen LogP contribution is -2.43. The fraction of sp³-hybridized carbons (Fsp3) is 0.261. The summed E-state index contributed by atoms with van der Waals surface area (Å²) in [6.07, 6.45) is 0.599. The van der Waals surface area contributed by atoms with Gasteiger partial charge in [0.15, 0.2) is 5.82 Å². The molecule has 0 aliphatic carbocycles. The minimum absolute atomic E-state index is 0.0589. The lowest BCUT2D eigenvalue weighted by atomic mass is 10.1. The summed E-state index contributed by atoms with van der Waals surface area (Å²) in [6.45, 7) is 1.62. The van der Waals surface area contributed by atoms with Crippen LogP contribution in [0.4, 0.5) is 10.6 Å². The summed E-state index contributed by atoms with van der Waals surface area (Å²) in [7, 11) is 0. The maximum absolute atomic E-state index is 12.7. The number of hydrogen-bond acceptors (Lipinski definition) is 7. The van der Waals surface area contributed by atoms with Crippen molar-refractivity contribution >= 4 is 17.9 Å². The van der Waals surface area contributed by atoms with Gasteiger partial charge in [-0.1, -0.05) is 60.7 Å². The molecule has 1 aromatic heterocycles. The predicted octanol–water partition coefficient (Wildman–Crippen LogP) is 3.18. The Morgan fingerprint density at radius 2 is 1.70 bits per heavy atom. The maximum atomic E-state index is 12.7. The Bertz CT molecular complexity index is 1080. The molecule has 0 fully saturated rings. The van der Waals surface area contributed by atoms with E-state index in [9.17, 15) is 19.7 Å². The molecule has 2 aromatic carbocycles. The highest BCUT2D eigenvalue weighted by Crippen LogP contribution is 2.13. The minimum Gasteiger partial charge on any atom is -0.460 e. The number of aryl methyl sites for hydroxylation is 1.